The predicted octanol–water partition coefficient (Wildman–Crippen LogP) is 0.179. The van der Waals surface area contributed by atoms with Crippen LogP contribution in [-0.4, -0.2) is 35.0 Å². The Kier molecular flexibility index (Phi) is 2.94. The summed E-state index contributed by atoms with van der Waals surface area (Å²) in [6.45, 7) is 1.67. The number of aliphatic hydroxyl groups is 1. The zero-order chi connectivity index (χ0) is 11.8. The summed E-state index contributed by atoms with van der Waals surface area (Å²) < 4.78 is 22.7. The lowest BCUT2D eigenvalue weighted by Gasteiger charge is -2.08. The van der Waals surface area contributed by atoms with Crippen molar-refractivity contribution in [2.75, 3.05) is 11.5 Å². The second kappa shape index (κ2) is 4.10. The molecule has 6 heteroatoms. The average molecular weight is 242 g/mol. The molecule has 1 aromatic rings. The standard InChI is InChI=1S/C10H14N2O3S/c1-7-4-9(5-13)12-10(11-7)8-2-3-16(14,15)6-8/h4,8,13H,2-3,5-6H2,1H3. The Labute approximate surface area is 94.5 Å². The summed E-state index contributed by atoms with van der Waals surface area (Å²) in [6.07, 6.45) is 0.580. The first-order valence-electron chi connectivity index (χ1n) is 5.16. The van der Waals surface area contributed by atoms with E-state index in [0.717, 1.165) is 5.69 Å². The first-order valence-corrected chi connectivity index (χ1v) is 6.98. The number of rotatable bonds is 2. The van der Waals surface area contributed by atoms with Crippen molar-refractivity contribution in [3.8, 4) is 0 Å². The van der Waals surface area contributed by atoms with Gasteiger partial charge in [0, 0.05) is 11.6 Å². The molecule has 0 aromatic carbocycles. The van der Waals surface area contributed by atoms with E-state index in [1.54, 1.807) is 6.07 Å². The molecule has 2 rings (SSSR count). The molecule has 0 saturated carbocycles. The van der Waals surface area contributed by atoms with E-state index < -0.39 is 9.84 Å². The van der Waals surface area contributed by atoms with E-state index in [-0.39, 0.29) is 24.0 Å². The summed E-state index contributed by atoms with van der Waals surface area (Å²) in [5.74, 6) is 0.769. The Hall–Kier alpha value is -1.01. The first-order chi connectivity index (χ1) is 7.50. The molecule has 0 aliphatic carbocycles. The molecular weight excluding hydrogens is 228 g/mol. The van der Waals surface area contributed by atoms with Crippen molar-refractivity contribution < 1.29 is 13.5 Å². The van der Waals surface area contributed by atoms with Crippen molar-refractivity contribution in [3.05, 3.63) is 23.3 Å². The lowest BCUT2D eigenvalue weighted by Crippen LogP contribution is -2.09. The van der Waals surface area contributed by atoms with Crippen molar-refractivity contribution in [3.63, 3.8) is 0 Å². The zero-order valence-electron chi connectivity index (χ0n) is 9.05. The van der Waals surface area contributed by atoms with E-state index in [4.69, 9.17) is 5.11 Å². The van der Waals surface area contributed by atoms with Crippen molar-refractivity contribution in [2.45, 2.75) is 25.9 Å². The van der Waals surface area contributed by atoms with Crippen LogP contribution in [0.1, 0.15) is 29.6 Å². The van der Waals surface area contributed by atoms with Crippen LogP contribution in [0, 0.1) is 6.92 Å². The van der Waals surface area contributed by atoms with Gasteiger partial charge in [-0.25, -0.2) is 18.4 Å². The molecule has 0 radical (unpaired) electrons. The highest BCUT2D eigenvalue weighted by Gasteiger charge is 2.31. The number of aromatic nitrogens is 2. The third-order valence-corrected chi connectivity index (χ3v) is 4.45. The van der Waals surface area contributed by atoms with Gasteiger partial charge in [0.2, 0.25) is 0 Å². The summed E-state index contributed by atoms with van der Waals surface area (Å²) in [5, 5.41) is 9.02. The highest BCUT2D eigenvalue weighted by Crippen LogP contribution is 2.26. The van der Waals surface area contributed by atoms with E-state index in [9.17, 15) is 8.42 Å². The van der Waals surface area contributed by atoms with Gasteiger partial charge in [0.25, 0.3) is 0 Å². The lowest BCUT2D eigenvalue weighted by molar-refractivity contribution is 0.276. The van der Waals surface area contributed by atoms with Gasteiger partial charge in [-0.05, 0) is 19.4 Å². The van der Waals surface area contributed by atoms with E-state index in [0.29, 0.717) is 17.9 Å². The molecule has 2 heterocycles. The fraction of sp³-hybridized carbons (Fsp3) is 0.600. The number of hydrogen-bond donors (Lipinski definition) is 1. The molecule has 1 aliphatic heterocycles. The minimum atomic E-state index is -2.92. The maximum Gasteiger partial charge on any atom is 0.151 e. The van der Waals surface area contributed by atoms with E-state index in [1.807, 2.05) is 6.92 Å². The Morgan fingerprint density at radius 1 is 1.50 bits per heavy atom. The summed E-state index contributed by atoms with van der Waals surface area (Å²) >= 11 is 0. The van der Waals surface area contributed by atoms with E-state index in [2.05, 4.69) is 9.97 Å². The van der Waals surface area contributed by atoms with Gasteiger partial charge in [0.15, 0.2) is 9.84 Å². The fourth-order valence-corrected chi connectivity index (χ4v) is 3.66. The fourth-order valence-electron chi connectivity index (χ4n) is 1.92. The van der Waals surface area contributed by atoms with Crippen molar-refractivity contribution >= 4 is 9.84 Å². The average Bonchev–Trinajstić information content (AvgIpc) is 2.58. The number of aliphatic hydroxyl groups excluding tert-OH is 1. The van der Waals surface area contributed by atoms with Gasteiger partial charge in [-0.15, -0.1) is 0 Å². The molecule has 88 valence electrons. The van der Waals surface area contributed by atoms with E-state index in [1.165, 1.54) is 0 Å². The first kappa shape index (κ1) is 11.5. The van der Waals surface area contributed by atoms with Crippen molar-refractivity contribution in [1.29, 1.82) is 0 Å². The topological polar surface area (TPSA) is 80.2 Å². The number of aryl methyl sites for hydroxylation is 1. The maximum atomic E-state index is 11.3. The van der Waals surface area contributed by atoms with Gasteiger partial charge in [0.05, 0.1) is 23.8 Å². The molecule has 16 heavy (non-hydrogen) atoms. The highest BCUT2D eigenvalue weighted by atomic mass is 32.2. The largest absolute Gasteiger partial charge is 0.390 e. The monoisotopic (exact) mass is 242 g/mol. The molecule has 0 spiro atoms. The molecule has 0 bridgehead atoms. The van der Waals surface area contributed by atoms with Crippen molar-refractivity contribution in [1.82, 2.24) is 9.97 Å². The smallest absolute Gasteiger partial charge is 0.151 e. The molecular formula is C10H14N2O3S. The minimum absolute atomic E-state index is 0.116. The van der Waals surface area contributed by atoms with Gasteiger partial charge in [-0.2, -0.15) is 0 Å². The van der Waals surface area contributed by atoms with Crippen molar-refractivity contribution in [2.24, 2.45) is 0 Å². The Bertz CT molecular complexity index is 499. The predicted molar refractivity (Wildman–Crippen MR) is 58.7 cm³/mol. The van der Waals surface area contributed by atoms with E-state index >= 15 is 0 Å². The Morgan fingerprint density at radius 2 is 2.25 bits per heavy atom. The van der Waals surface area contributed by atoms with Gasteiger partial charge in [-0.3, -0.25) is 0 Å². The molecule has 1 unspecified atom stereocenters. The second-order valence-electron chi connectivity index (χ2n) is 4.12. The molecule has 1 saturated heterocycles. The second-order valence-corrected chi connectivity index (χ2v) is 6.35. The zero-order valence-corrected chi connectivity index (χ0v) is 9.87. The quantitative estimate of drug-likeness (QED) is 0.800. The van der Waals surface area contributed by atoms with Crippen LogP contribution in [0.25, 0.3) is 0 Å². The van der Waals surface area contributed by atoms with Gasteiger partial charge >= 0.3 is 0 Å². The maximum absolute atomic E-state index is 11.3. The van der Waals surface area contributed by atoms with Gasteiger partial charge in [-0.1, -0.05) is 0 Å². The summed E-state index contributed by atoms with van der Waals surface area (Å²) in [7, 11) is -2.92. The number of nitrogens with zero attached hydrogens (tertiary/aromatic N) is 2. The molecule has 1 aromatic heterocycles. The molecule has 0 amide bonds. The van der Waals surface area contributed by atoms with Crippen LogP contribution in [0.5, 0.6) is 0 Å². The van der Waals surface area contributed by atoms with Crippen LogP contribution < -0.4 is 0 Å². The molecule has 5 nitrogen and oxygen atoms in total. The lowest BCUT2D eigenvalue weighted by atomic mass is 10.1. The third kappa shape index (κ3) is 2.38. The third-order valence-electron chi connectivity index (χ3n) is 2.68. The van der Waals surface area contributed by atoms with Crippen LogP contribution in [0.2, 0.25) is 0 Å². The Balaban J connectivity index is 2.31. The molecule has 1 N–H and O–H groups in total. The van der Waals surface area contributed by atoms with Gasteiger partial charge in [0.1, 0.15) is 5.82 Å². The summed E-state index contributed by atoms with van der Waals surface area (Å²) in [4.78, 5) is 8.42. The van der Waals surface area contributed by atoms with Crippen LogP contribution in [-0.2, 0) is 16.4 Å². The van der Waals surface area contributed by atoms with Crippen LogP contribution >= 0.6 is 0 Å². The summed E-state index contributed by atoms with van der Waals surface area (Å²) in [5.41, 5.74) is 1.31. The SMILES string of the molecule is Cc1cc(CO)nc(C2CCS(=O)(=O)C2)n1. The number of sulfone groups is 1. The minimum Gasteiger partial charge on any atom is -0.390 e. The van der Waals surface area contributed by atoms with Crippen LogP contribution in [0.4, 0.5) is 0 Å². The van der Waals surface area contributed by atoms with Crippen LogP contribution in [0.15, 0.2) is 6.07 Å². The normalized spacial score (nSPS) is 23.5. The Morgan fingerprint density at radius 3 is 2.81 bits per heavy atom. The van der Waals surface area contributed by atoms with Crippen LogP contribution in [0.3, 0.4) is 0 Å². The summed E-state index contributed by atoms with van der Waals surface area (Å²) in [6, 6.07) is 1.70. The van der Waals surface area contributed by atoms with Gasteiger partial charge < -0.3 is 5.11 Å². The molecule has 1 atom stereocenters. The number of hydrogen-bond acceptors (Lipinski definition) is 5. The highest BCUT2D eigenvalue weighted by molar-refractivity contribution is 7.91. The molecule has 1 fully saturated rings. The molecule has 1 aliphatic rings.